The number of nitrogens with one attached hydrogen (secondary N) is 1. The molecule has 7 heteroatoms. The third kappa shape index (κ3) is 3.63. The van der Waals surface area contributed by atoms with Gasteiger partial charge >= 0.3 is 0 Å². The number of hydrogen-bond donors (Lipinski definition) is 2. The second kappa shape index (κ2) is 6.94. The van der Waals surface area contributed by atoms with E-state index in [0.717, 1.165) is 35.6 Å². The van der Waals surface area contributed by atoms with Crippen LogP contribution in [0.2, 0.25) is 0 Å². The van der Waals surface area contributed by atoms with Crippen molar-refractivity contribution in [2.75, 3.05) is 5.32 Å². The van der Waals surface area contributed by atoms with Crippen molar-refractivity contribution in [3.63, 3.8) is 0 Å². The highest BCUT2D eigenvalue weighted by Gasteiger charge is 2.15. The van der Waals surface area contributed by atoms with Crippen LogP contribution in [0, 0.1) is 0 Å². The smallest absolute Gasteiger partial charge is 0.269 e. The van der Waals surface area contributed by atoms with E-state index in [9.17, 15) is 4.79 Å². The summed E-state index contributed by atoms with van der Waals surface area (Å²) >= 11 is 1.10. The summed E-state index contributed by atoms with van der Waals surface area (Å²) < 4.78 is 3.84. The Morgan fingerprint density at radius 1 is 1.38 bits per heavy atom. The summed E-state index contributed by atoms with van der Waals surface area (Å²) in [6.07, 6.45) is 1.66. The summed E-state index contributed by atoms with van der Waals surface area (Å²) in [6, 6.07) is 7.08. The Hall–Kier alpha value is -2.28. The topological polar surface area (TPSA) is 87.5 Å². The number of nitrogens with zero attached hydrogens (tertiary/aromatic N) is 3. The summed E-state index contributed by atoms with van der Waals surface area (Å²) in [4.78, 5) is 12.8. The van der Waals surface area contributed by atoms with Crippen LogP contribution in [0.4, 0.5) is 5.69 Å². The molecule has 0 saturated heterocycles. The SMILES string of the molecule is CCCc1nnsc1C(=O)Nc1ccc(C(C)=NO)cc1. The first-order valence-electron chi connectivity index (χ1n) is 6.57. The molecule has 110 valence electrons. The van der Waals surface area contributed by atoms with Gasteiger partial charge in [0.15, 0.2) is 0 Å². The van der Waals surface area contributed by atoms with Crippen LogP contribution < -0.4 is 5.32 Å². The fraction of sp³-hybridized carbons (Fsp3) is 0.286. The van der Waals surface area contributed by atoms with E-state index in [0.29, 0.717) is 16.3 Å². The van der Waals surface area contributed by atoms with Crippen LogP contribution in [0.1, 0.15) is 41.2 Å². The summed E-state index contributed by atoms with van der Waals surface area (Å²) in [5.74, 6) is -0.200. The second-order valence-corrected chi connectivity index (χ2v) is 5.27. The van der Waals surface area contributed by atoms with Gasteiger partial charge < -0.3 is 10.5 Å². The molecular weight excluding hydrogens is 288 g/mol. The van der Waals surface area contributed by atoms with Gasteiger partial charge in [-0.15, -0.1) is 5.10 Å². The minimum Gasteiger partial charge on any atom is -0.411 e. The average molecular weight is 304 g/mol. The Morgan fingerprint density at radius 3 is 2.71 bits per heavy atom. The molecule has 0 saturated carbocycles. The Bertz CT molecular complexity index is 649. The number of amides is 1. The number of aromatic nitrogens is 2. The van der Waals surface area contributed by atoms with Crippen molar-refractivity contribution < 1.29 is 10.0 Å². The third-order valence-corrected chi connectivity index (χ3v) is 3.73. The fourth-order valence-electron chi connectivity index (χ4n) is 1.82. The molecule has 0 atom stereocenters. The molecule has 1 heterocycles. The lowest BCUT2D eigenvalue weighted by molar-refractivity contribution is 0.102. The highest BCUT2D eigenvalue weighted by atomic mass is 32.1. The molecule has 0 aliphatic carbocycles. The van der Waals surface area contributed by atoms with Crippen molar-refractivity contribution in [1.82, 2.24) is 9.59 Å². The van der Waals surface area contributed by atoms with Gasteiger partial charge in [-0.25, -0.2) is 0 Å². The van der Waals surface area contributed by atoms with Crippen molar-refractivity contribution in [3.05, 3.63) is 40.4 Å². The lowest BCUT2D eigenvalue weighted by atomic mass is 10.1. The Kier molecular flexibility index (Phi) is 4.99. The molecule has 21 heavy (non-hydrogen) atoms. The number of rotatable bonds is 5. The third-order valence-electron chi connectivity index (χ3n) is 2.96. The van der Waals surface area contributed by atoms with Crippen LogP contribution >= 0.6 is 11.5 Å². The van der Waals surface area contributed by atoms with Crippen LogP contribution in [0.25, 0.3) is 0 Å². The minimum absolute atomic E-state index is 0.200. The van der Waals surface area contributed by atoms with Gasteiger partial charge in [-0.2, -0.15) is 0 Å². The number of oxime groups is 1. The first kappa shape index (κ1) is 15.1. The molecular formula is C14H16N4O2S. The second-order valence-electron chi connectivity index (χ2n) is 4.52. The largest absolute Gasteiger partial charge is 0.411 e. The van der Waals surface area contributed by atoms with E-state index >= 15 is 0 Å². The molecule has 0 bridgehead atoms. The van der Waals surface area contributed by atoms with E-state index in [1.165, 1.54) is 0 Å². The van der Waals surface area contributed by atoms with E-state index in [-0.39, 0.29) is 5.91 Å². The van der Waals surface area contributed by atoms with Gasteiger partial charge in [0.05, 0.1) is 11.4 Å². The van der Waals surface area contributed by atoms with Crippen LogP contribution in [-0.2, 0) is 6.42 Å². The van der Waals surface area contributed by atoms with Crippen LogP contribution in [0.5, 0.6) is 0 Å². The molecule has 0 aliphatic heterocycles. The summed E-state index contributed by atoms with van der Waals surface area (Å²) in [6.45, 7) is 3.73. The van der Waals surface area contributed by atoms with E-state index in [1.54, 1.807) is 31.2 Å². The number of aryl methyl sites for hydroxylation is 1. The van der Waals surface area contributed by atoms with Gasteiger partial charge in [0.2, 0.25) is 0 Å². The van der Waals surface area contributed by atoms with Crippen LogP contribution in [-0.4, -0.2) is 26.4 Å². The van der Waals surface area contributed by atoms with Crippen molar-refractivity contribution in [1.29, 1.82) is 0 Å². The first-order chi connectivity index (χ1) is 10.2. The van der Waals surface area contributed by atoms with Crippen LogP contribution in [0.15, 0.2) is 29.4 Å². The first-order valence-corrected chi connectivity index (χ1v) is 7.34. The van der Waals surface area contributed by atoms with Crippen LogP contribution in [0.3, 0.4) is 0 Å². The van der Waals surface area contributed by atoms with Gasteiger partial charge in [-0.3, -0.25) is 4.79 Å². The molecule has 0 spiro atoms. The predicted molar refractivity (Wildman–Crippen MR) is 82.3 cm³/mol. The summed E-state index contributed by atoms with van der Waals surface area (Å²) in [5.41, 5.74) is 2.72. The van der Waals surface area contributed by atoms with E-state index in [4.69, 9.17) is 5.21 Å². The maximum Gasteiger partial charge on any atom is 0.269 e. The molecule has 0 fully saturated rings. The van der Waals surface area contributed by atoms with Gasteiger partial charge in [0, 0.05) is 5.69 Å². The number of carbonyl (C=O) groups is 1. The molecule has 1 aromatic carbocycles. The maximum atomic E-state index is 12.2. The quantitative estimate of drug-likeness (QED) is 0.505. The zero-order valence-corrected chi connectivity index (χ0v) is 12.6. The maximum absolute atomic E-state index is 12.2. The lowest BCUT2D eigenvalue weighted by Gasteiger charge is -2.05. The standard InChI is InChI=1S/C14H16N4O2S/c1-3-4-12-13(21-18-16-12)14(19)15-11-7-5-10(6-8-11)9(2)17-20/h5-8,20H,3-4H2,1-2H3,(H,15,19). The van der Waals surface area contributed by atoms with Crippen molar-refractivity contribution in [2.45, 2.75) is 26.7 Å². The molecule has 0 unspecified atom stereocenters. The Balaban J connectivity index is 2.10. The molecule has 2 N–H and O–H groups in total. The number of carbonyl (C=O) groups excluding carboxylic acids is 1. The Labute approximate surface area is 126 Å². The summed E-state index contributed by atoms with van der Waals surface area (Å²) in [5, 5.41) is 18.6. The van der Waals surface area contributed by atoms with Gasteiger partial charge in [0.25, 0.3) is 5.91 Å². The van der Waals surface area contributed by atoms with Gasteiger partial charge in [0.1, 0.15) is 4.88 Å². The molecule has 0 aliphatic rings. The van der Waals surface area contributed by atoms with E-state index in [2.05, 4.69) is 20.1 Å². The summed E-state index contributed by atoms with van der Waals surface area (Å²) in [7, 11) is 0. The zero-order chi connectivity index (χ0) is 15.2. The molecule has 6 nitrogen and oxygen atoms in total. The Morgan fingerprint density at radius 2 is 2.10 bits per heavy atom. The predicted octanol–water partition coefficient (Wildman–Crippen LogP) is 2.94. The van der Waals surface area contributed by atoms with Gasteiger partial charge in [-0.05, 0) is 42.6 Å². The van der Waals surface area contributed by atoms with E-state index < -0.39 is 0 Å². The van der Waals surface area contributed by atoms with Crippen molar-refractivity contribution in [2.24, 2.45) is 5.16 Å². The van der Waals surface area contributed by atoms with Crippen molar-refractivity contribution >= 4 is 28.8 Å². The molecule has 1 aromatic heterocycles. The fourth-order valence-corrected chi connectivity index (χ4v) is 2.43. The molecule has 1 amide bonds. The normalized spacial score (nSPS) is 11.4. The highest BCUT2D eigenvalue weighted by molar-refractivity contribution is 7.08. The van der Waals surface area contributed by atoms with E-state index in [1.807, 2.05) is 6.92 Å². The lowest BCUT2D eigenvalue weighted by Crippen LogP contribution is -2.12. The average Bonchev–Trinajstić information content (AvgIpc) is 2.96. The minimum atomic E-state index is -0.200. The van der Waals surface area contributed by atoms with Gasteiger partial charge in [-0.1, -0.05) is 35.1 Å². The zero-order valence-electron chi connectivity index (χ0n) is 11.8. The number of benzene rings is 1. The van der Waals surface area contributed by atoms with Crippen molar-refractivity contribution in [3.8, 4) is 0 Å². The molecule has 2 rings (SSSR count). The monoisotopic (exact) mass is 304 g/mol. The number of hydrogen-bond acceptors (Lipinski definition) is 6. The molecule has 2 aromatic rings. The molecule has 0 radical (unpaired) electrons. The highest BCUT2D eigenvalue weighted by Crippen LogP contribution is 2.16. The number of anilines is 1.